The van der Waals surface area contributed by atoms with Crippen LogP contribution in [-0.2, 0) is 11.3 Å². The van der Waals surface area contributed by atoms with E-state index in [-0.39, 0.29) is 17.9 Å². The monoisotopic (exact) mass is 285 g/mol. The molecule has 110 valence electrons. The molecule has 21 heavy (non-hydrogen) atoms. The van der Waals surface area contributed by atoms with Crippen LogP contribution in [0.15, 0.2) is 36.7 Å². The van der Waals surface area contributed by atoms with E-state index >= 15 is 0 Å². The van der Waals surface area contributed by atoms with Gasteiger partial charge in [-0.15, -0.1) is 10.2 Å². The van der Waals surface area contributed by atoms with E-state index in [0.29, 0.717) is 18.4 Å². The predicted molar refractivity (Wildman–Crippen MR) is 77.3 cm³/mol. The number of nitrogens with one attached hydrogen (secondary N) is 1. The third kappa shape index (κ3) is 2.79. The Morgan fingerprint density at radius 1 is 1.33 bits per heavy atom. The first-order chi connectivity index (χ1) is 10.1. The molecule has 1 fully saturated rings. The number of carbonyl (C=O) groups excluding carboxylic acids is 1. The highest BCUT2D eigenvalue weighted by atomic mass is 16.2. The van der Waals surface area contributed by atoms with Crippen LogP contribution in [0.3, 0.4) is 0 Å². The van der Waals surface area contributed by atoms with Crippen LogP contribution in [0.4, 0.5) is 0 Å². The lowest BCUT2D eigenvalue weighted by molar-refractivity contribution is -0.122. The van der Waals surface area contributed by atoms with Gasteiger partial charge in [-0.3, -0.25) is 4.79 Å². The van der Waals surface area contributed by atoms with Gasteiger partial charge in [0, 0.05) is 6.54 Å². The number of benzene rings is 1. The van der Waals surface area contributed by atoms with Gasteiger partial charge in [0.15, 0.2) is 6.33 Å². The van der Waals surface area contributed by atoms with Crippen LogP contribution in [0.1, 0.15) is 25.3 Å². The molecule has 1 heterocycles. The molecular formula is C15H19N5O. The van der Waals surface area contributed by atoms with E-state index in [1.54, 1.807) is 0 Å². The Kier molecular flexibility index (Phi) is 3.45. The molecule has 1 aliphatic rings. The highest BCUT2D eigenvalue weighted by molar-refractivity contribution is 5.75. The largest absolute Gasteiger partial charge is 0.354 e. The Morgan fingerprint density at radius 3 is 2.76 bits per heavy atom. The Bertz CT molecular complexity index is 608. The number of tetrazole rings is 1. The van der Waals surface area contributed by atoms with Crippen LogP contribution >= 0.6 is 0 Å². The summed E-state index contributed by atoms with van der Waals surface area (Å²) < 4.78 is 0. The van der Waals surface area contributed by atoms with Gasteiger partial charge in [0.1, 0.15) is 6.54 Å². The Labute approximate surface area is 123 Å². The molecule has 2 aromatic rings. The Morgan fingerprint density at radius 2 is 2.10 bits per heavy atom. The molecular weight excluding hydrogens is 266 g/mol. The molecule has 1 aromatic carbocycles. The van der Waals surface area contributed by atoms with Gasteiger partial charge in [0.05, 0.1) is 0 Å². The molecule has 0 unspecified atom stereocenters. The smallest absolute Gasteiger partial charge is 0.243 e. The molecule has 0 radical (unpaired) electrons. The van der Waals surface area contributed by atoms with Crippen molar-refractivity contribution in [3.8, 4) is 0 Å². The lowest BCUT2D eigenvalue weighted by Gasteiger charge is -2.05. The summed E-state index contributed by atoms with van der Waals surface area (Å²) in [6.07, 6.45) is 1.32. The van der Waals surface area contributed by atoms with Gasteiger partial charge >= 0.3 is 0 Å². The van der Waals surface area contributed by atoms with E-state index in [9.17, 15) is 4.79 Å². The summed E-state index contributed by atoms with van der Waals surface area (Å²) in [6.45, 7) is 5.30. The third-order valence-corrected chi connectivity index (χ3v) is 4.40. The van der Waals surface area contributed by atoms with Gasteiger partial charge in [-0.05, 0) is 28.0 Å². The van der Waals surface area contributed by atoms with Crippen molar-refractivity contribution in [1.29, 1.82) is 0 Å². The molecule has 2 atom stereocenters. The van der Waals surface area contributed by atoms with Gasteiger partial charge in [-0.2, -0.15) is 4.80 Å². The van der Waals surface area contributed by atoms with Crippen molar-refractivity contribution in [2.75, 3.05) is 6.54 Å². The summed E-state index contributed by atoms with van der Waals surface area (Å²) >= 11 is 0. The molecule has 1 aliphatic carbocycles. The van der Waals surface area contributed by atoms with Crippen LogP contribution in [0.5, 0.6) is 0 Å². The average molecular weight is 285 g/mol. The van der Waals surface area contributed by atoms with E-state index in [1.165, 1.54) is 16.7 Å². The van der Waals surface area contributed by atoms with Gasteiger partial charge in [-0.1, -0.05) is 44.2 Å². The van der Waals surface area contributed by atoms with Gasteiger partial charge in [0.25, 0.3) is 0 Å². The standard InChI is InChI=1S/C15H19N5O/c1-15(2)12(14(15)11-6-4-3-5-7-11)8-16-13(21)9-20-18-10-17-19-20/h3-7,10,12,14H,8-9H2,1-2H3,(H,16,21)/t12-,14-/m0/s1. The van der Waals surface area contributed by atoms with Crippen molar-refractivity contribution in [2.24, 2.45) is 11.3 Å². The molecule has 1 amide bonds. The highest BCUT2D eigenvalue weighted by Crippen LogP contribution is 2.63. The van der Waals surface area contributed by atoms with Crippen molar-refractivity contribution in [3.05, 3.63) is 42.2 Å². The molecule has 1 aromatic heterocycles. The lowest BCUT2D eigenvalue weighted by Crippen LogP contribution is -2.30. The quantitative estimate of drug-likeness (QED) is 0.896. The number of nitrogens with zero attached hydrogens (tertiary/aromatic N) is 4. The second-order valence-corrected chi connectivity index (χ2v) is 6.09. The fraction of sp³-hybridized carbons (Fsp3) is 0.467. The Balaban J connectivity index is 1.55. The summed E-state index contributed by atoms with van der Waals surface area (Å²) in [5.41, 5.74) is 1.57. The maximum Gasteiger partial charge on any atom is 0.243 e. The topological polar surface area (TPSA) is 72.7 Å². The minimum absolute atomic E-state index is 0.0810. The molecule has 6 heteroatoms. The fourth-order valence-electron chi connectivity index (χ4n) is 3.12. The number of aromatic nitrogens is 4. The molecule has 0 aliphatic heterocycles. The number of hydrogen-bond acceptors (Lipinski definition) is 4. The van der Waals surface area contributed by atoms with Gasteiger partial charge < -0.3 is 5.32 Å². The number of carbonyl (C=O) groups is 1. The maximum absolute atomic E-state index is 11.9. The van der Waals surface area contributed by atoms with E-state index in [4.69, 9.17) is 0 Å². The van der Waals surface area contributed by atoms with Crippen LogP contribution in [-0.4, -0.2) is 32.7 Å². The van der Waals surface area contributed by atoms with Crippen LogP contribution in [0.2, 0.25) is 0 Å². The zero-order valence-electron chi connectivity index (χ0n) is 12.2. The summed E-state index contributed by atoms with van der Waals surface area (Å²) in [6, 6.07) is 10.5. The number of rotatable bonds is 5. The molecule has 0 saturated heterocycles. The molecule has 1 N–H and O–H groups in total. The summed E-state index contributed by atoms with van der Waals surface area (Å²) in [5, 5.41) is 14.1. The predicted octanol–water partition coefficient (Wildman–Crippen LogP) is 1.23. The Hall–Kier alpha value is -2.24. The zero-order valence-corrected chi connectivity index (χ0v) is 12.2. The summed E-state index contributed by atoms with van der Waals surface area (Å²) in [7, 11) is 0. The third-order valence-electron chi connectivity index (χ3n) is 4.40. The SMILES string of the molecule is CC1(C)[C@@H](CNC(=O)Cn2ncnn2)[C@@H]1c1ccccc1. The molecule has 0 spiro atoms. The van der Waals surface area contributed by atoms with Crippen LogP contribution < -0.4 is 5.32 Å². The number of amides is 1. The van der Waals surface area contributed by atoms with Crippen molar-refractivity contribution >= 4 is 5.91 Å². The minimum atomic E-state index is -0.0810. The fourth-order valence-corrected chi connectivity index (χ4v) is 3.12. The molecule has 3 rings (SSSR count). The van der Waals surface area contributed by atoms with Crippen molar-refractivity contribution in [3.63, 3.8) is 0 Å². The first-order valence-electron chi connectivity index (χ1n) is 7.11. The van der Waals surface area contributed by atoms with Crippen LogP contribution in [0, 0.1) is 11.3 Å². The van der Waals surface area contributed by atoms with E-state index in [0.717, 1.165) is 0 Å². The lowest BCUT2D eigenvalue weighted by atomic mass is 10.0. The first-order valence-corrected chi connectivity index (χ1v) is 7.11. The van der Waals surface area contributed by atoms with E-state index in [2.05, 4.69) is 58.8 Å². The average Bonchev–Trinajstić information content (AvgIpc) is 2.79. The minimum Gasteiger partial charge on any atom is -0.354 e. The van der Waals surface area contributed by atoms with Crippen LogP contribution in [0.25, 0.3) is 0 Å². The van der Waals surface area contributed by atoms with Gasteiger partial charge in [0.2, 0.25) is 5.91 Å². The second kappa shape index (κ2) is 5.27. The maximum atomic E-state index is 11.9. The molecule has 0 bridgehead atoms. The highest BCUT2D eigenvalue weighted by Gasteiger charge is 2.57. The van der Waals surface area contributed by atoms with Gasteiger partial charge in [-0.25, -0.2) is 0 Å². The normalized spacial score (nSPS) is 22.8. The molecule has 1 saturated carbocycles. The zero-order chi connectivity index (χ0) is 14.9. The van der Waals surface area contributed by atoms with Crippen molar-refractivity contribution in [2.45, 2.75) is 26.3 Å². The summed E-state index contributed by atoms with van der Waals surface area (Å²) in [5.74, 6) is 0.888. The van der Waals surface area contributed by atoms with Crippen molar-refractivity contribution < 1.29 is 4.79 Å². The van der Waals surface area contributed by atoms with Crippen molar-refractivity contribution in [1.82, 2.24) is 25.5 Å². The van der Waals surface area contributed by atoms with E-state index < -0.39 is 0 Å². The second-order valence-electron chi connectivity index (χ2n) is 6.09. The first kappa shape index (κ1) is 13.7. The van der Waals surface area contributed by atoms with E-state index in [1.807, 2.05) is 6.07 Å². The molecule has 6 nitrogen and oxygen atoms in total. The summed E-state index contributed by atoms with van der Waals surface area (Å²) in [4.78, 5) is 13.1. The number of hydrogen-bond donors (Lipinski definition) is 1.